The van der Waals surface area contributed by atoms with E-state index in [0.717, 1.165) is 30.5 Å². The highest BCUT2D eigenvalue weighted by Gasteiger charge is 2.32. The summed E-state index contributed by atoms with van der Waals surface area (Å²) in [5, 5.41) is 15.2. The molecule has 0 aliphatic heterocycles. The lowest BCUT2D eigenvalue weighted by atomic mass is 10.1. The molecule has 0 heterocycles. The van der Waals surface area contributed by atoms with E-state index in [1.807, 2.05) is 5.43 Å². The Labute approximate surface area is 211 Å². The van der Waals surface area contributed by atoms with Crippen LogP contribution in [0, 0.1) is 10.1 Å². The van der Waals surface area contributed by atoms with Gasteiger partial charge in [0, 0.05) is 10.5 Å². The molecule has 0 spiro atoms. The number of sulfonamides is 1. The summed E-state index contributed by atoms with van der Waals surface area (Å²) in [5.41, 5.74) is 0.200. The number of nitrogens with zero attached hydrogens (tertiary/aromatic N) is 3. The van der Waals surface area contributed by atoms with E-state index < -0.39 is 44.8 Å². The van der Waals surface area contributed by atoms with Crippen LogP contribution in [0.25, 0.3) is 0 Å². The second-order valence-electron chi connectivity index (χ2n) is 7.13. The van der Waals surface area contributed by atoms with E-state index in [-0.39, 0.29) is 16.1 Å². The van der Waals surface area contributed by atoms with E-state index in [9.17, 15) is 36.5 Å². The Morgan fingerprint density at radius 3 is 2.42 bits per heavy atom. The number of hydrogen-bond donors (Lipinski definition) is 1. The maximum absolute atomic E-state index is 13.3. The fourth-order valence-corrected chi connectivity index (χ4v) is 4.82. The second-order valence-corrected chi connectivity index (χ2v) is 9.91. The number of benzene rings is 3. The second kappa shape index (κ2) is 10.9. The normalized spacial score (nSPS) is 11.9. The smallest absolute Gasteiger partial charge is 0.271 e. The molecular weight excluding hydrogens is 569 g/mol. The number of halogens is 4. The average Bonchev–Trinajstić information content (AvgIpc) is 2.83. The Balaban J connectivity index is 1.91. The summed E-state index contributed by atoms with van der Waals surface area (Å²) in [4.78, 5) is 23.2. The number of anilines is 1. The highest BCUT2D eigenvalue weighted by atomic mass is 79.9. The minimum absolute atomic E-state index is 0.0300. The van der Waals surface area contributed by atoms with Crippen LogP contribution < -0.4 is 9.73 Å². The van der Waals surface area contributed by atoms with Crippen molar-refractivity contribution in [2.24, 2.45) is 5.10 Å². The van der Waals surface area contributed by atoms with Crippen LogP contribution in [0.3, 0.4) is 0 Å². The number of hydrazone groups is 1. The first-order valence-electron chi connectivity index (χ1n) is 9.90. The fourth-order valence-electron chi connectivity index (χ4n) is 3.01. The maximum atomic E-state index is 13.3. The molecule has 1 amide bonds. The first-order chi connectivity index (χ1) is 16.9. The van der Waals surface area contributed by atoms with Gasteiger partial charge in [0.25, 0.3) is 21.6 Å². The molecule has 0 aliphatic carbocycles. The molecule has 0 atom stereocenters. The highest BCUT2D eigenvalue weighted by Crippen LogP contribution is 2.34. The zero-order chi connectivity index (χ0) is 26.5. The van der Waals surface area contributed by atoms with Crippen LogP contribution in [0.2, 0.25) is 0 Å². The number of nitrogens with one attached hydrogen (secondary N) is 1. The summed E-state index contributed by atoms with van der Waals surface area (Å²) in [5.74, 6) is -0.991. The average molecular weight is 585 g/mol. The van der Waals surface area contributed by atoms with Gasteiger partial charge in [0.15, 0.2) is 0 Å². The molecule has 188 valence electrons. The van der Waals surface area contributed by atoms with Crippen molar-refractivity contribution in [3.05, 3.63) is 98.5 Å². The third-order valence-corrected chi connectivity index (χ3v) is 6.91. The Bertz CT molecular complexity index is 1420. The molecule has 3 rings (SSSR count). The van der Waals surface area contributed by atoms with E-state index in [4.69, 9.17) is 0 Å². The standard InChI is InChI=1S/C22H16BrF3N4O5S/c23-17-9-10-19(20(12-17)30(32)33)29(36(34,35)18-7-2-1-3-8-18)14-21(31)28-27-13-15-5-4-6-16(11-15)22(24,25)26/h1-13H,14H2,(H,28,31)/b27-13+. The van der Waals surface area contributed by atoms with Gasteiger partial charge in [-0.3, -0.25) is 14.9 Å². The van der Waals surface area contributed by atoms with Crippen molar-refractivity contribution in [2.45, 2.75) is 11.1 Å². The number of amides is 1. The van der Waals surface area contributed by atoms with Crippen LogP contribution >= 0.6 is 15.9 Å². The molecular formula is C22H16BrF3N4O5S. The topological polar surface area (TPSA) is 122 Å². The maximum Gasteiger partial charge on any atom is 0.416 e. The SMILES string of the molecule is O=C(CN(c1ccc(Br)cc1[N+](=O)[O-])S(=O)(=O)c1ccccc1)N/N=C/c1cccc(C(F)(F)F)c1. The summed E-state index contributed by atoms with van der Waals surface area (Å²) < 4.78 is 66.1. The van der Waals surface area contributed by atoms with Gasteiger partial charge in [0.05, 0.1) is 21.6 Å². The van der Waals surface area contributed by atoms with Crippen molar-refractivity contribution in [1.82, 2.24) is 5.43 Å². The molecule has 14 heteroatoms. The minimum Gasteiger partial charge on any atom is -0.271 e. The van der Waals surface area contributed by atoms with Crippen molar-refractivity contribution < 1.29 is 31.3 Å². The predicted molar refractivity (Wildman–Crippen MR) is 129 cm³/mol. The van der Waals surface area contributed by atoms with Crippen LogP contribution in [-0.4, -0.2) is 32.0 Å². The minimum atomic E-state index is -4.57. The summed E-state index contributed by atoms with van der Waals surface area (Å²) >= 11 is 3.09. The van der Waals surface area contributed by atoms with E-state index in [1.165, 1.54) is 42.5 Å². The Kier molecular flexibility index (Phi) is 8.10. The van der Waals surface area contributed by atoms with Gasteiger partial charge in [0.1, 0.15) is 12.2 Å². The van der Waals surface area contributed by atoms with Crippen molar-refractivity contribution in [3.8, 4) is 0 Å². The quantitative estimate of drug-likeness (QED) is 0.233. The van der Waals surface area contributed by atoms with Crippen LogP contribution in [0.15, 0.2) is 87.3 Å². The number of hydrogen-bond acceptors (Lipinski definition) is 6. The molecule has 0 aromatic heterocycles. The molecule has 0 fully saturated rings. The van der Waals surface area contributed by atoms with Crippen molar-refractivity contribution >= 4 is 49.4 Å². The number of carbonyl (C=O) groups excluding carboxylic acids is 1. The summed E-state index contributed by atoms with van der Waals surface area (Å²) in [6.45, 7) is -0.903. The van der Waals surface area contributed by atoms with Crippen LogP contribution in [0.4, 0.5) is 24.5 Å². The van der Waals surface area contributed by atoms with Gasteiger partial charge in [-0.25, -0.2) is 18.1 Å². The van der Waals surface area contributed by atoms with Crippen LogP contribution in [0.5, 0.6) is 0 Å². The molecule has 0 unspecified atom stereocenters. The molecule has 9 nitrogen and oxygen atoms in total. The highest BCUT2D eigenvalue weighted by molar-refractivity contribution is 9.10. The largest absolute Gasteiger partial charge is 0.416 e. The molecule has 1 N–H and O–H groups in total. The summed E-state index contributed by atoms with van der Waals surface area (Å²) in [6.07, 6.45) is -3.62. The summed E-state index contributed by atoms with van der Waals surface area (Å²) in [6, 6.07) is 14.8. The summed E-state index contributed by atoms with van der Waals surface area (Å²) in [7, 11) is -4.44. The van der Waals surface area contributed by atoms with E-state index >= 15 is 0 Å². The third kappa shape index (κ3) is 6.46. The lowest BCUT2D eigenvalue weighted by molar-refractivity contribution is -0.384. The first kappa shape index (κ1) is 26.8. The molecule has 0 radical (unpaired) electrons. The number of nitro benzene ring substituents is 1. The van der Waals surface area contributed by atoms with Gasteiger partial charge >= 0.3 is 6.18 Å². The number of carbonyl (C=O) groups is 1. The van der Waals surface area contributed by atoms with Gasteiger partial charge in [0.2, 0.25) is 0 Å². The molecule has 0 aliphatic rings. The van der Waals surface area contributed by atoms with E-state index in [1.54, 1.807) is 6.07 Å². The zero-order valence-electron chi connectivity index (χ0n) is 18.0. The van der Waals surface area contributed by atoms with Crippen molar-refractivity contribution in [2.75, 3.05) is 10.8 Å². The van der Waals surface area contributed by atoms with Gasteiger partial charge in [-0.1, -0.05) is 46.3 Å². The number of alkyl halides is 3. The molecule has 3 aromatic rings. The molecule has 36 heavy (non-hydrogen) atoms. The lowest BCUT2D eigenvalue weighted by Crippen LogP contribution is -2.40. The lowest BCUT2D eigenvalue weighted by Gasteiger charge is -2.23. The predicted octanol–water partition coefficient (Wildman–Crippen LogP) is 4.72. The number of rotatable bonds is 8. The molecule has 3 aromatic carbocycles. The zero-order valence-corrected chi connectivity index (χ0v) is 20.4. The van der Waals surface area contributed by atoms with Gasteiger partial charge in [-0.05, 0) is 42.0 Å². The van der Waals surface area contributed by atoms with Gasteiger partial charge in [-0.2, -0.15) is 18.3 Å². The Morgan fingerprint density at radius 1 is 1.08 bits per heavy atom. The van der Waals surface area contributed by atoms with E-state index in [0.29, 0.717) is 8.78 Å². The Morgan fingerprint density at radius 2 is 1.78 bits per heavy atom. The fraction of sp³-hybridized carbons (Fsp3) is 0.0909. The van der Waals surface area contributed by atoms with Crippen molar-refractivity contribution in [3.63, 3.8) is 0 Å². The third-order valence-electron chi connectivity index (χ3n) is 4.64. The van der Waals surface area contributed by atoms with Gasteiger partial charge < -0.3 is 0 Å². The Hall–Kier alpha value is -3.78. The monoisotopic (exact) mass is 584 g/mol. The number of nitro groups is 1. The van der Waals surface area contributed by atoms with Crippen molar-refractivity contribution in [1.29, 1.82) is 0 Å². The molecule has 0 saturated carbocycles. The first-order valence-corrected chi connectivity index (χ1v) is 12.1. The van der Waals surface area contributed by atoms with E-state index in [2.05, 4.69) is 21.0 Å². The van der Waals surface area contributed by atoms with Crippen LogP contribution in [-0.2, 0) is 21.0 Å². The molecule has 0 saturated heterocycles. The van der Waals surface area contributed by atoms with Crippen LogP contribution in [0.1, 0.15) is 11.1 Å². The molecule has 0 bridgehead atoms. The van der Waals surface area contributed by atoms with Gasteiger partial charge in [-0.15, -0.1) is 0 Å².